The van der Waals surface area contributed by atoms with Gasteiger partial charge in [0.25, 0.3) is 0 Å². The molecule has 0 bridgehead atoms. The van der Waals surface area contributed by atoms with Gasteiger partial charge in [-0.15, -0.1) is 0 Å². The van der Waals surface area contributed by atoms with Gasteiger partial charge in [0.1, 0.15) is 0 Å². The number of hydrogen-bond donors (Lipinski definition) is 0. The Morgan fingerprint density at radius 1 is 0.500 bits per heavy atom. The van der Waals surface area contributed by atoms with Crippen molar-refractivity contribution in [2.24, 2.45) is 0 Å². The van der Waals surface area contributed by atoms with Gasteiger partial charge >= 0.3 is 0 Å². The summed E-state index contributed by atoms with van der Waals surface area (Å²) in [6, 6.07) is 38.9. The third-order valence-corrected chi connectivity index (χ3v) is 12.9. The predicted molar refractivity (Wildman–Crippen MR) is 180 cm³/mol. The van der Waals surface area contributed by atoms with Crippen LogP contribution in [0.5, 0.6) is 0 Å². The van der Waals surface area contributed by atoms with Crippen LogP contribution < -0.4 is 20.7 Å². The number of nitrogens with zero attached hydrogens (tertiary/aromatic N) is 1. The lowest BCUT2D eigenvalue weighted by atomic mass is 10.2. The minimum Gasteiger partial charge on any atom is -0.309 e. The third-order valence-electron chi connectivity index (χ3n) is 7.38. The Bertz CT molecular complexity index is 2120. The standard InChI is InChI=1S/C36H25Br2NSi/c37-26-19-21-35-33(23-26)34-24-27(38)20-22-36(34)39(35)28-11-10-18-32(25-28)40(29-12-4-1-5-13-29,30-14-6-2-7-15-30)31-16-8-3-9-17-31/h1-25H/i19D,20D,21D,22D,23D,24D. The Kier molecular flexibility index (Phi) is 5.02. The molecule has 0 atom stereocenters. The largest absolute Gasteiger partial charge is 0.309 e. The molecule has 192 valence electrons. The van der Waals surface area contributed by atoms with Crippen molar-refractivity contribution in [3.63, 3.8) is 0 Å². The molecule has 0 aliphatic carbocycles. The number of fused-ring (bicyclic) bond motifs is 3. The van der Waals surface area contributed by atoms with E-state index in [9.17, 15) is 0 Å². The van der Waals surface area contributed by atoms with E-state index in [1.54, 1.807) is 4.57 Å². The maximum absolute atomic E-state index is 9.08. The van der Waals surface area contributed by atoms with Gasteiger partial charge in [-0.3, -0.25) is 0 Å². The summed E-state index contributed by atoms with van der Waals surface area (Å²) in [5, 5.41) is 5.21. The average molecular weight is 666 g/mol. The summed E-state index contributed by atoms with van der Waals surface area (Å²) in [6.45, 7) is 0. The first-order valence-corrected chi connectivity index (χ1v) is 16.4. The number of rotatable bonds is 5. The minimum atomic E-state index is -2.94. The van der Waals surface area contributed by atoms with Crippen molar-refractivity contribution in [3.05, 3.63) is 160 Å². The average Bonchev–Trinajstić information content (AvgIpc) is 3.47. The van der Waals surface area contributed by atoms with E-state index in [2.05, 4.69) is 117 Å². The van der Waals surface area contributed by atoms with Gasteiger partial charge in [0, 0.05) is 25.4 Å². The van der Waals surface area contributed by atoms with Crippen LogP contribution in [0.4, 0.5) is 0 Å². The summed E-state index contributed by atoms with van der Waals surface area (Å²) < 4.78 is 55.5. The highest BCUT2D eigenvalue weighted by Crippen LogP contribution is 2.35. The molecule has 0 N–H and O–H groups in total. The first kappa shape index (κ1) is 19.4. The van der Waals surface area contributed by atoms with E-state index < -0.39 is 8.07 Å². The van der Waals surface area contributed by atoms with Gasteiger partial charge < -0.3 is 4.57 Å². The lowest BCUT2D eigenvalue weighted by Crippen LogP contribution is -2.74. The molecular weight excluding hydrogens is 634 g/mol. The van der Waals surface area contributed by atoms with E-state index >= 15 is 0 Å². The summed E-state index contributed by atoms with van der Waals surface area (Å²) in [4.78, 5) is 0. The van der Waals surface area contributed by atoms with Crippen LogP contribution in [0.3, 0.4) is 0 Å². The van der Waals surface area contributed by atoms with Crippen molar-refractivity contribution >= 4 is 82.5 Å². The van der Waals surface area contributed by atoms with Crippen LogP contribution in [0.1, 0.15) is 8.22 Å². The second kappa shape index (κ2) is 10.4. The Labute approximate surface area is 260 Å². The summed E-state index contributed by atoms with van der Waals surface area (Å²) >= 11 is 6.68. The summed E-state index contributed by atoms with van der Waals surface area (Å²) in [6.07, 6.45) is 0. The molecule has 1 heterocycles. The van der Waals surface area contributed by atoms with E-state index in [0.29, 0.717) is 16.5 Å². The van der Waals surface area contributed by atoms with Crippen LogP contribution in [-0.4, -0.2) is 12.6 Å². The van der Waals surface area contributed by atoms with E-state index in [4.69, 9.17) is 8.22 Å². The number of benzene rings is 6. The highest BCUT2D eigenvalue weighted by Gasteiger charge is 2.41. The molecule has 0 spiro atoms. The zero-order valence-corrected chi connectivity index (χ0v) is 25.3. The molecule has 4 heteroatoms. The maximum atomic E-state index is 9.08. The number of aromatic nitrogens is 1. The fourth-order valence-corrected chi connectivity index (χ4v) is 11.1. The highest BCUT2D eigenvalue weighted by atomic mass is 79.9. The summed E-state index contributed by atoms with van der Waals surface area (Å²) in [5.41, 5.74) is 1.15. The first-order valence-electron chi connectivity index (χ1n) is 15.9. The lowest BCUT2D eigenvalue weighted by Gasteiger charge is -2.34. The molecule has 0 saturated heterocycles. The maximum Gasteiger partial charge on any atom is 0.179 e. The second-order valence-electron chi connectivity index (χ2n) is 9.56. The molecule has 0 saturated carbocycles. The molecule has 40 heavy (non-hydrogen) atoms. The molecule has 0 aliphatic rings. The monoisotopic (exact) mass is 663 g/mol. The van der Waals surface area contributed by atoms with Crippen molar-refractivity contribution in [2.75, 3.05) is 0 Å². The Morgan fingerprint density at radius 3 is 1.38 bits per heavy atom. The van der Waals surface area contributed by atoms with Gasteiger partial charge in [0.2, 0.25) is 0 Å². The fraction of sp³-hybridized carbons (Fsp3) is 0. The molecule has 0 amide bonds. The van der Waals surface area contributed by atoms with Gasteiger partial charge in [0.05, 0.1) is 19.3 Å². The third kappa shape index (κ3) is 4.10. The molecule has 0 fully saturated rings. The van der Waals surface area contributed by atoms with Crippen LogP contribution in [0.25, 0.3) is 27.5 Å². The molecule has 0 radical (unpaired) electrons. The normalized spacial score (nSPS) is 13.8. The van der Waals surface area contributed by atoms with Crippen molar-refractivity contribution < 1.29 is 8.22 Å². The van der Waals surface area contributed by atoms with Crippen LogP contribution >= 0.6 is 31.9 Å². The van der Waals surface area contributed by atoms with Crippen LogP contribution in [0.2, 0.25) is 0 Å². The molecule has 1 nitrogen and oxygen atoms in total. The summed E-state index contributed by atoms with van der Waals surface area (Å²) in [7, 11) is -2.94. The van der Waals surface area contributed by atoms with Crippen molar-refractivity contribution in [1.82, 2.24) is 4.57 Å². The smallest absolute Gasteiger partial charge is 0.179 e. The predicted octanol–water partition coefficient (Wildman–Crippen LogP) is 7.69. The van der Waals surface area contributed by atoms with Crippen LogP contribution in [0, 0.1) is 0 Å². The molecule has 7 rings (SSSR count). The lowest BCUT2D eigenvalue weighted by molar-refractivity contribution is 1.18. The zero-order chi connectivity index (χ0) is 32.3. The Morgan fingerprint density at radius 2 is 0.925 bits per heavy atom. The molecule has 0 aliphatic heterocycles. The van der Waals surface area contributed by atoms with Gasteiger partial charge in [-0.1, -0.05) is 135 Å². The quantitative estimate of drug-likeness (QED) is 0.131. The van der Waals surface area contributed by atoms with Crippen molar-refractivity contribution in [1.29, 1.82) is 0 Å². The van der Waals surface area contributed by atoms with E-state index in [0.717, 1.165) is 5.19 Å². The molecule has 6 aromatic carbocycles. The Hall–Kier alpha value is -3.70. The fourth-order valence-electron chi connectivity index (χ4n) is 5.76. The number of hydrogen-bond acceptors (Lipinski definition) is 0. The van der Waals surface area contributed by atoms with E-state index in [1.807, 2.05) is 30.3 Å². The van der Waals surface area contributed by atoms with Crippen molar-refractivity contribution in [2.45, 2.75) is 0 Å². The first-order chi connectivity index (χ1) is 22.2. The van der Waals surface area contributed by atoms with Gasteiger partial charge in [-0.25, -0.2) is 0 Å². The zero-order valence-electron chi connectivity index (χ0n) is 27.2. The van der Waals surface area contributed by atoms with Gasteiger partial charge in [-0.05, 0) is 69.1 Å². The highest BCUT2D eigenvalue weighted by molar-refractivity contribution is 9.10. The van der Waals surface area contributed by atoms with Gasteiger partial charge in [-0.2, -0.15) is 0 Å². The van der Waals surface area contributed by atoms with Crippen molar-refractivity contribution in [3.8, 4) is 5.69 Å². The Balaban J connectivity index is 1.67. The topological polar surface area (TPSA) is 4.93 Å². The summed E-state index contributed by atoms with van der Waals surface area (Å²) in [5.74, 6) is 0. The minimum absolute atomic E-state index is 0.0324. The molecular formula is C36H25Br2NSi. The van der Waals surface area contributed by atoms with Gasteiger partial charge in [0.15, 0.2) is 8.07 Å². The number of halogens is 2. The second-order valence-corrected chi connectivity index (χ2v) is 15.0. The van der Waals surface area contributed by atoms with Crippen LogP contribution in [0.15, 0.2) is 160 Å². The molecule has 1 aromatic heterocycles. The molecule has 7 aromatic rings. The SMILES string of the molecule is [2H]c1c(Br)c([2H])c2c3c([2H])c(Br)c([2H])c([2H])c3n(-c3cccc([Si](c4ccccc4)(c4ccccc4)c4ccccc4)c3)c2c1[2H]. The van der Waals surface area contributed by atoms with E-state index in [-0.39, 0.29) is 56.2 Å². The molecule has 0 unspecified atom stereocenters. The van der Waals surface area contributed by atoms with Crippen LogP contribution in [-0.2, 0) is 0 Å². The van der Waals surface area contributed by atoms with E-state index in [1.165, 1.54) is 15.6 Å².